The van der Waals surface area contributed by atoms with Crippen LogP contribution in [0.5, 0.6) is 5.75 Å². The predicted molar refractivity (Wildman–Crippen MR) is 93.3 cm³/mol. The second kappa shape index (κ2) is 5.90. The molecule has 4 rings (SSSR count). The zero-order valence-electron chi connectivity index (χ0n) is 14.8. The molecule has 1 aromatic carbocycles. The highest BCUT2D eigenvalue weighted by Gasteiger charge is 2.55. The lowest BCUT2D eigenvalue weighted by Gasteiger charge is -2.27. The average molecular weight is 355 g/mol. The van der Waals surface area contributed by atoms with E-state index in [2.05, 4.69) is 0 Å². The van der Waals surface area contributed by atoms with Crippen LogP contribution in [0.2, 0.25) is 0 Å². The van der Waals surface area contributed by atoms with Crippen molar-refractivity contribution in [2.24, 2.45) is 11.3 Å². The molecule has 136 valence electrons. The van der Waals surface area contributed by atoms with E-state index >= 15 is 0 Å². The molecule has 1 amide bonds. The van der Waals surface area contributed by atoms with Gasteiger partial charge in [-0.2, -0.15) is 0 Å². The van der Waals surface area contributed by atoms with Crippen LogP contribution in [0.4, 0.5) is 0 Å². The number of rotatable bonds is 2. The largest absolute Gasteiger partial charge is 0.493 e. The molecule has 6 heteroatoms. The van der Waals surface area contributed by atoms with Crippen molar-refractivity contribution in [3.8, 4) is 5.75 Å². The van der Waals surface area contributed by atoms with Gasteiger partial charge in [-0.05, 0) is 38.0 Å². The minimum Gasteiger partial charge on any atom is -0.493 e. The van der Waals surface area contributed by atoms with Gasteiger partial charge in [-0.25, -0.2) is 0 Å². The zero-order valence-corrected chi connectivity index (χ0v) is 14.8. The molecule has 2 aliphatic rings. The summed E-state index contributed by atoms with van der Waals surface area (Å²) in [6.07, 6.45) is 0.357. The van der Waals surface area contributed by atoms with E-state index in [1.165, 1.54) is 0 Å². The molecular weight excluding hydrogens is 334 g/mol. The fourth-order valence-corrected chi connectivity index (χ4v) is 4.19. The van der Waals surface area contributed by atoms with E-state index in [4.69, 9.17) is 9.15 Å². The molecule has 0 aliphatic carbocycles. The van der Waals surface area contributed by atoms with Crippen LogP contribution < -0.4 is 4.74 Å². The van der Waals surface area contributed by atoms with Gasteiger partial charge in [0.1, 0.15) is 17.3 Å². The van der Waals surface area contributed by atoms with Crippen LogP contribution >= 0.6 is 0 Å². The zero-order chi connectivity index (χ0) is 18.5. The van der Waals surface area contributed by atoms with Crippen molar-refractivity contribution in [1.29, 1.82) is 0 Å². The standard InChI is InChI=1S/C20H21NO5/c1-12-7-16(13(2)26-12)18(22)21-9-15-10-25-17-6-4-3-5-14(17)8-20(15,11-21)19(23)24/h3-7,15H,8-11H2,1-2H3,(H,23,24)/t15-,20+/m0/s1. The van der Waals surface area contributed by atoms with Crippen LogP contribution in [-0.2, 0) is 11.2 Å². The monoisotopic (exact) mass is 355 g/mol. The SMILES string of the molecule is Cc1cc(C(=O)N2C[C@H]3COc4ccccc4C[C@@]3(C(=O)O)C2)c(C)o1. The summed E-state index contributed by atoms with van der Waals surface area (Å²) in [5, 5.41) is 10.1. The van der Waals surface area contributed by atoms with Gasteiger partial charge in [0.05, 0.1) is 17.6 Å². The van der Waals surface area contributed by atoms with E-state index in [0.29, 0.717) is 30.0 Å². The molecule has 6 nitrogen and oxygen atoms in total. The Morgan fingerprint density at radius 3 is 2.73 bits per heavy atom. The Kier molecular flexibility index (Phi) is 3.79. The third-order valence-corrected chi connectivity index (χ3v) is 5.60. The average Bonchev–Trinajstić information content (AvgIpc) is 3.09. The maximum Gasteiger partial charge on any atom is 0.312 e. The molecule has 2 aromatic rings. The number of aryl methyl sites for hydroxylation is 2. The summed E-state index contributed by atoms with van der Waals surface area (Å²) in [7, 11) is 0. The number of amides is 1. The molecule has 1 aromatic heterocycles. The van der Waals surface area contributed by atoms with E-state index in [1.54, 1.807) is 24.8 Å². The Morgan fingerprint density at radius 2 is 2.04 bits per heavy atom. The lowest BCUT2D eigenvalue weighted by Crippen LogP contribution is -2.42. The van der Waals surface area contributed by atoms with Crippen molar-refractivity contribution < 1.29 is 23.8 Å². The number of carboxylic acids is 1. The molecule has 0 spiro atoms. The quantitative estimate of drug-likeness (QED) is 0.896. The fraction of sp³-hybridized carbons (Fsp3) is 0.400. The number of carboxylic acid groups (broad SMARTS) is 1. The summed E-state index contributed by atoms with van der Waals surface area (Å²) in [6.45, 7) is 4.37. The molecule has 3 heterocycles. The van der Waals surface area contributed by atoms with Gasteiger partial charge in [-0.1, -0.05) is 18.2 Å². The number of carbonyl (C=O) groups excluding carboxylic acids is 1. The number of hydrogen-bond acceptors (Lipinski definition) is 4. The predicted octanol–water partition coefficient (Wildman–Crippen LogP) is 2.67. The number of nitrogens with zero attached hydrogens (tertiary/aromatic N) is 1. The maximum atomic E-state index is 13.0. The summed E-state index contributed by atoms with van der Waals surface area (Å²) in [5.74, 6) is 0.654. The van der Waals surface area contributed by atoms with Crippen LogP contribution in [0, 0.1) is 25.2 Å². The molecule has 2 atom stereocenters. The highest BCUT2D eigenvalue weighted by atomic mass is 16.5. The van der Waals surface area contributed by atoms with Gasteiger partial charge in [0.25, 0.3) is 5.91 Å². The molecule has 0 bridgehead atoms. The lowest BCUT2D eigenvalue weighted by atomic mass is 9.74. The van der Waals surface area contributed by atoms with Gasteiger partial charge in [-0.15, -0.1) is 0 Å². The van der Waals surface area contributed by atoms with Crippen molar-refractivity contribution >= 4 is 11.9 Å². The Balaban J connectivity index is 1.68. The van der Waals surface area contributed by atoms with E-state index in [9.17, 15) is 14.7 Å². The highest BCUT2D eigenvalue weighted by Crippen LogP contribution is 2.44. The minimum atomic E-state index is -1.03. The van der Waals surface area contributed by atoms with Crippen LogP contribution in [0.15, 0.2) is 34.7 Å². The Morgan fingerprint density at radius 1 is 1.27 bits per heavy atom. The van der Waals surface area contributed by atoms with Crippen molar-refractivity contribution in [1.82, 2.24) is 4.90 Å². The first-order valence-corrected chi connectivity index (χ1v) is 8.71. The maximum absolute atomic E-state index is 13.0. The summed E-state index contributed by atoms with van der Waals surface area (Å²) in [4.78, 5) is 26.9. The van der Waals surface area contributed by atoms with Gasteiger partial charge in [-0.3, -0.25) is 9.59 Å². The Hall–Kier alpha value is -2.76. The number of para-hydroxylation sites is 1. The van der Waals surface area contributed by atoms with Gasteiger partial charge in [0, 0.05) is 19.0 Å². The molecule has 1 saturated heterocycles. The second-order valence-electron chi connectivity index (χ2n) is 7.27. The number of aliphatic carboxylic acids is 1. The van der Waals surface area contributed by atoms with Crippen molar-refractivity contribution in [3.05, 3.63) is 53.0 Å². The fourth-order valence-electron chi connectivity index (χ4n) is 4.19. The third-order valence-electron chi connectivity index (χ3n) is 5.60. The summed E-state index contributed by atoms with van der Waals surface area (Å²) < 4.78 is 11.3. The highest BCUT2D eigenvalue weighted by molar-refractivity contribution is 5.96. The first kappa shape index (κ1) is 16.7. The van der Waals surface area contributed by atoms with Crippen molar-refractivity contribution in [2.45, 2.75) is 20.3 Å². The third kappa shape index (κ3) is 2.48. The number of hydrogen-bond donors (Lipinski definition) is 1. The van der Waals surface area contributed by atoms with Gasteiger partial charge >= 0.3 is 5.97 Å². The molecule has 0 saturated carbocycles. The van der Waals surface area contributed by atoms with Crippen molar-refractivity contribution in [3.63, 3.8) is 0 Å². The summed E-state index contributed by atoms with van der Waals surface area (Å²) in [5.41, 5.74) is 0.345. The number of furan rings is 1. The number of ether oxygens (including phenoxy) is 1. The molecule has 0 unspecified atom stereocenters. The molecule has 2 aliphatic heterocycles. The Bertz CT molecular complexity index is 886. The van der Waals surface area contributed by atoms with Crippen LogP contribution in [-0.4, -0.2) is 41.6 Å². The van der Waals surface area contributed by atoms with Crippen LogP contribution in [0.3, 0.4) is 0 Å². The number of benzene rings is 1. The molecule has 26 heavy (non-hydrogen) atoms. The smallest absolute Gasteiger partial charge is 0.312 e. The number of fused-ring (bicyclic) bond motifs is 2. The van der Waals surface area contributed by atoms with E-state index in [0.717, 1.165) is 11.3 Å². The normalized spacial score (nSPS) is 24.4. The lowest BCUT2D eigenvalue weighted by molar-refractivity contribution is -0.150. The number of carbonyl (C=O) groups is 2. The van der Waals surface area contributed by atoms with E-state index in [-0.39, 0.29) is 25.0 Å². The molecular formula is C20H21NO5. The van der Waals surface area contributed by atoms with Gasteiger partial charge in [0.15, 0.2) is 0 Å². The summed E-state index contributed by atoms with van der Waals surface area (Å²) >= 11 is 0. The summed E-state index contributed by atoms with van der Waals surface area (Å²) in [6, 6.07) is 9.24. The van der Waals surface area contributed by atoms with E-state index in [1.807, 2.05) is 24.3 Å². The van der Waals surface area contributed by atoms with Crippen LogP contribution in [0.25, 0.3) is 0 Å². The second-order valence-corrected chi connectivity index (χ2v) is 7.27. The number of likely N-dealkylation sites (tertiary alicyclic amines) is 1. The van der Waals surface area contributed by atoms with E-state index < -0.39 is 11.4 Å². The van der Waals surface area contributed by atoms with Crippen molar-refractivity contribution in [2.75, 3.05) is 19.7 Å². The first-order chi connectivity index (χ1) is 12.4. The van der Waals surface area contributed by atoms with Crippen LogP contribution in [0.1, 0.15) is 27.4 Å². The van der Waals surface area contributed by atoms with Gasteiger partial charge < -0.3 is 19.2 Å². The molecule has 0 radical (unpaired) electrons. The molecule has 1 N–H and O–H groups in total. The molecule has 1 fully saturated rings. The Labute approximate surface area is 151 Å². The topological polar surface area (TPSA) is 80.0 Å². The minimum absolute atomic E-state index is 0.174. The first-order valence-electron chi connectivity index (χ1n) is 8.71. The van der Waals surface area contributed by atoms with Gasteiger partial charge in [0.2, 0.25) is 0 Å².